The molecule has 0 unspecified atom stereocenters. The molecule has 0 spiro atoms. The highest BCUT2D eigenvalue weighted by atomic mass is 35.5. The third-order valence-corrected chi connectivity index (χ3v) is 6.99. The lowest BCUT2D eigenvalue weighted by molar-refractivity contribution is -0.113. The van der Waals surface area contributed by atoms with E-state index in [-0.39, 0.29) is 22.1 Å². The number of hydrogen-bond acceptors (Lipinski definition) is 5. The van der Waals surface area contributed by atoms with Gasteiger partial charge in [0.25, 0.3) is 5.91 Å². The van der Waals surface area contributed by atoms with Gasteiger partial charge in [0.15, 0.2) is 0 Å². The number of allylic oxidation sites excluding steroid dienone is 1. The van der Waals surface area contributed by atoms with Crippen LogP contribution in [0, 0.1) is 5.82 Å². The van der Waals surface area contributed by atoms with Crippen LogP contribution >= 0.6 is 22.9 Å². The highest BCUT2D eigenvalue weighted by molar-refractivity contribution is 7.88. The van der Waals surface area contributed by atoms with Gasteiger partial charge in [-0.25, -0.2) is 8.70 Å². The largest absolute Gasteiger partial charge is 0.345 e. The summed E-state index contributed by atoms with van der Waals surface area (Å²) in [5.74, 6) is -1.34. The van der Waals surface area contributed by atoms with Gasteiger partial charge in [-0.2, -0.15) is 8.42 Å². The molecule has 0 saturated heterocycles. The summed E-state index contributed by atoms with van der Waals surface area (Å²) >= 11 is 7.04. The second kappa shape index (κ2) is 8.22. The van der Waals surface area contributed by atoms with Crippen molar-refractivity contribution in [3.8, 4) is 11.1 Å². The number of benzene rings is 1. The van der Waals surface area contributed by atoms with Crippen LogP contribution in [0.2, 0.25) is 5.02 Å². The van der Waals surface area contributed by atoms with E-state index in [0.29, 0.717) is 4.88 Å². The second-order valence-corrected chi connectivity index (χ2v) is 9.42. The number of likely N-dealkylation sites (N-methyl/N-ethyl adjacent to an activating group) is 1. The van der Waals surface area contributed by atoms with Crippen LogP contribution in [0.3, 0.4) is 0 Å². The van der Waals surface area contributed by atoms with Crippen molar-refractivity contribution in [3.05, 3.63) is 81.7 Å². The van der Waals surface area contributed by atoms with E-state index in [4.69, 9.17) is 11.6 Å². The van der Waals surface area contributed by atoms with Crippen LogP contribution in [-0.2, 0) is 15.0 Å². The second-order valence-electron chi connectivity index (χ2n) is 6.48. The minimum atomic E-state index is -4.12. The first-order valence-electron chi connectivity index (χ1n) is 8.81. The number of carbonyl (C=O) groups excluding carboxylic acids is 1. The number of rotatable bonds is 4. The topological polar surface area (TPSA) is 91.7 Å². The highest BCUT2D eigenvalue weighted by Crippen LogP contribution is 2.29. The summed E-state index contributed by atoms with van der Waals surface area (Å²) in [6, 6.07) is 9.13. The first-order chi connectivity index (χ1) is 14.7. The predicted octanol–water partition coefficient (Wildman–Crippen LogP) is 4.10. The van der Waals surface area contributed by atoms with Gasteiger partial charge in [0.1, 0.15) is 11.5 Å². The molecule has 0 bridgehead atoms. The van der Waals surface area contributed by atoms with E-state index in [1.165, 1.54) is 36.6 Å². The number of carbonyl (C=O) groups is 1. The Kier molecular flexibility index (Phi) is 5.61. The molecular formula is C20H14ClFN4O3S2. The number of nitrogens with zero attached hydrogens (tertiary/aromatic N) is 3. The first-order valence-corrected chi connectivity index (χ1v) is 11.5. The lowest BCUT2D eigenvalue weighted by atomic mass is 10.1. The normalized spacial score (nSPS) is 15.3. The van der Waals surface area contributed by atoms with E-state index in [1.807, 2.05) is 11.4 Å². The molecule has 4 rings (SSSR count). The smallest absolute Gasteiger partial charge is 0.321 e. The Hall–Kier alpha value is -3.08. The van der Waals surface area contributed by atoms with Gasteiger partial charge >= 0.3 is 10.2 Å². The molecule has 11 heteroatoms. The van der Waals surface area contributed by atoms with Crippen molar-refractivity contribution >= 4 is 50.5 Å². The summed E-state index contributed by atoms with van der Waals surface area (Å²) in [7, 11) is -2.88. The third kappa shape index (κ3) is 4.36. The van der Waals surface area contributed by atoms with Gasteiger partial charge in [0.2, 0.25) is 0 Å². The minimum absolute atomic E-state index is 0.137. The van der Waals surface area contributed by atoms with Crippen molar-refractivity contribution in [2.75, 3.05) is 12.4 Å². The van der Waals surface area contributed by atoms with E-state index in [1.54, 1.807) is 24.5 Å². The van der Waals surface area contributed by atoms with Crippen LogP contribution in [0.15, 0.2) is 70.3 Å². The lowest BCUT2D eigenvalue weighted by Crippen LogP contribution is -2.35. The Bertz CT molecular complexity index is 1340. The number of thiophene rings is 1. The lowest BCUT2D eigenvalue weighted by Gasteiger charge is -2.23. The maximum absolute atomic E-state index is 13.4. The first kappa shape index (κ1) is 21.2. The van der Waals surface area contributed by atoms with Crippen molar-refractivity contribution < 1.29 is 17.6 Å². The zero-order valence-corrected chi connectivity index (χ0v) is 18.3. The molecule has 158 valence electrons. The summed E-state index contributed by atoms with van der Waals surface area (Å²) < 4.78 is 43.1. The monoisotopic (exact) mass is 476 g/mol. The van der Waals surface area contributed by atoms with E-state index < -0.39 is 21.9 Å². The Labute approximate surface area is 186 Å². The minimum Gasteiger partial charge on any atom is -0.321 e. The molecule has 1 N–H and O–H groups in total. The van der Waals surface area contributed by atoms with Crippen LogP contribution in [0.4, 0.5) is 10.1 Å². The van der Waals surface area contributed by atoms with Gasteiger partial charge < -0.3 is 5.32 Å². The molecule has 31 heavy (non-hydrogen) atoms. The SMILES string of the molecule is CN1C(C(=O)Nc2ccc(F)c(Cl)c2)=CC(c2cc(-c3cccnc3)cs2)=NS1(=O)=O. The summed E-state index contributed by atoms with van der Waals surface area (Å²) in [5, 5.41) is 4.22. The van der Waals surface area contributed by atoms with Gasteiger partial charge in [-0.05, 0) is 47.4 Å². The molecule has 1 aliphatic heterocycles. The number of halogens is 2. The Morgan fingerprint density at radius 1 is 1.23 bits per heavy atom. The molecule has 0 aliphatic carbocycles. The van der Waals surface area contributed by atoms with E-state index in [0.717, 1.165) is 21.5 Å². The van der Waals surface area contributed by atoms with E-state index >= 15 is 0 Å². The molecule has 1 amide bonds. The van der Waals surface area contributed by atoms with Gasteiger partial charge in [0.05, 0.1) is 15.6 Å². The van der Waals surface area contributed by atoms with Crippen molar-refractivity contribution in [2.24, 2.45) is 4.40 Å². The van der Waals surface area contributed by atoms with Crippen LogP contribution in [0.5, 0.6) is 0 Å². The number of nitrogens with one attached hydrogen (secondary N) is 1. The predicted molar refractivity (Wildman–Crippen MR) is 119 cm³/mol. The van der Waals surface area contributed by atoms with Gasteiger partial charge in [-0.15, -0.1) is 15.7 Å². The molecule has 7 nitrogen and oxygen atoms in total. The number of hydrogen-bond donors (Lipinski definition) is 1. The molecule has 3 aromatic rings. The van der Waals surface area contributed by atoms with E-state index in [2.05, 4.69) is 14.7 Å². The summed E-state index contributed by atoms with van der Waals surface area (Å²) in [5.41, 5.74) is 1.95. The molecule has 0 saturated carbocycles. The molecule has 0 radical (unpaired) electrons. The molecule has 0 atom stereocenters. The Morgan fingerprint density at radius 3 is 2.74 bits per heavy atom. The molecule has 1 aromatic carbocycles. The quantitative estimate of drug-likeness (QED) is 0.613. The number of pyridine rings is 1. The van der Waals surface area contributed by atoms with Crippen molar-refractivity contribution in [2.45, 2.75) is 0 Å². The molecular weight excluding hydrogens is 463 g/mol. The van der Waals surface area contributed by atoms with Crippen LogP contribution < -0.4 is 5.32 Å². The fraction of sp³-hybridized carbons (Fsp3) is 0.0500. The average molecular weight is 477 g/mol. The maximum Gasteiger partial charge on any atom is 0.345 e. The number of aromatic nitrogens is 1. The van der Waals surface area contributed by atoms with Crippen molar-refractivity contribution in [1.29, 1.82) is 0 Å². The van der Waals surface area contributed by atoms with Crippen molar-refractivity contribution in [1.82, 2.24) is 9.29 Å². The standard InChI is InChI=1S/C20H14ClFN4O3S2/c1-26-18(20(27)24-14-4-5-16(22)15(21)8-14)9-17(25-31(26,28)29)19-7-13(11-30-19)12-3-2-6-23-10-12/h2-11H,1H3,(H,24,27). The zero-order valence-electron chi connectivity index (χ0n) is 15.9. The molecule has 0 fully saturated rings. The number of amides is 1. The maximum atomic E-state index is 13.4. The van der Waals surface area contributed by atoms with E-state index in [9.17, 15) is 17.6 Å². The van der Waals surface area contributed by atoms with Crippen LogP contribution in [0.1, 0.15) is 4.88 Å². The average Bonchev–Trinajstić information content (AvgIpc) is 3.23. The molecule has 3 heterocycles. The van der Waals surface area contributed by atoms with Crippen LogP contribution in [-0.4, -0.2) is 36.4 Å². The Balaban J connectivity index is 1.67. The number of anilines is 1. The van der Waals surface area contributed by atoms with Gasteiger partial charge in [0, 0.05) is 30.7 Å². The summed E-state index contributed by atoms with van der Waals surface area (Å²) in [6.45, 7) is 0. The molecule has 2 aromatic heterocycles. The third-order valence-electron chi connectivity index (χ3n) is 4.43. The summed E-state index contributed by atoms with van der Waals surface area (Å²) in [6.07, 6.45) is 4.74. The molecule has 1 aliphatic rings. The zero-order chi connectivity index (χ0) is 22.2. The fourth-order valence-corrected chi connectivity index (χ4v) is 4.83. The Morgan fingerprint density at radius 2 is 2.03 bits per heavy atom. The highest BCUT2D eigenvalue weighted by Gasteiger charge is 2.30. The summed E-state index contributed by atoms with van der Waals surface area (Å²) in [4.78, 5) is 17.4. The van der Waals surface area contributed by atoms with Gasteiger partial charge in [-0.1, -0.05) is 17.7 Å². The van der Waals surface area contributed by atoms with Gasteiger partial charge in [-0.3, -0.25) is 9.78 Å². The van der Waals surface area contributed by atoms with Crippen molar-refractivity contribution in [3.63, 3.8) is 0 Å². The fourth-order valence-electron chi connectivity index (χ4n) is 2.81. The van der Waals surface area contributed by atoms with Crippen LogP contribution in [0.25, 0.3) is 11.1 Å².